The standard InChI is InChI=1S/C15H22F3N3O/c16-15(17,18)11-22-14-4-2-1-3-13(14)21-9-5-12(6-10-21)20-8-7-19/h1-4,12,20H,5-11,19H2. The fourth-order valence-electron chi connectivity index (χ4n) is 2.61. The van der Waals surface area contributed by atoms with Crippen LogP contribution < -0.4 is 20.7 Å². The highest BCUT2D eigenvalue weighted by molar-refractivity contribution is 5.58. The van der Waals surface area contributed by atoms with Gasteiger partial charge in [-0.05, 0) is 25.0 Å². The van der Waals surface area contributed by atoms with E-state index in [0.717, 1.165) is 38.2 Å². The average Bonchev–Trinajstić information content (AvgIpc) is 2.51. The lowest BCUT2D eigenvalue weighted by molar-refractivity contribution is -0.153. The topological polar surface area (TPSA) is 50.5 Å². The highest BCUT2D eigenvalue weighted by atomic mass is 19.4. The molecule has 7 heteroatoms. The number of halogens is 3. The summed E-state index contributed by atoms with van der Waals surface area (Å²) in [6, 6.07) is 7.31. The average molecular weight is 317 g/mol. The van der Waals surface area contributed by atoms with Crippen molar-refractivity contribution < 1.29 is 17.9 Å². The summed E-state index contributed by atoms with van der Waals surface area (Å²) < 4.78 is 41.9. The highest BCUT2D eigenvalue weighted by Crippen LogP contribution is 2.31. The van der Waals surface area contributed by atoms with Crippen molar-refractivity contribution in [2.45, 2.75) is 25.1 Å². The van der Waals surface area contributed by atoms with Crippen LogP contribution in [0.3, 0.4) is 0 Å². The van der Waals surface area contributed by atoms with Crippen molar-refractivity contribution in [1.29, 1.82) is 0 Å². The summed E-state index contributed by atoms with van der Waals surface area (Å²) in [4.78, 5) is 2.08. The van der Waals surface area contributed by atoms with Crippen molar-refractivity contribution in [3.8, 4) is 5.75 Å². The molecule has 0 saturated carbocycles. The van der Waals surface area contributed by atoms with Crippen LogP contribution in [0, 0.1) is 0 Å². The van der Waals surface area contributed by atoms with Gasteiger partial charge in [-0.2, -0.15) is 13.2 Å². The zero-order valence-corrected chi connectivity index (χ0v) is 12.4. The van der Waals surface area contributed by atoms with Gasteiger partial charge in [-0.3, -0.25) is 0 Å². The number of hydrogen-bond donors (Lipinski definition) is 2. The number of benzene rings is 1. The predicted molar refractivity (Wildman–Crippen MR) is 80.3 cm³/mol. The van der Waals surface area contributed by atoms with Crippen molar-refractivity contribution in [3.05, 3.63) is 24.3 Å². The van der Waals surface area contributed by atoms with Crippen LogP contribution >= 0.6 is 0 Å². The third-order valence-electron chi connectivity index (χ3n) is 3.67. The fraction of sp³-hybridized carbons (Fsp3) is 0.600. The Kier molecular flexibility index (Phi) is 5.90. The molecule has 0 spiro atoms. The molecule has 0 aliphatic carbocycles. The predicted octanol–water partition coefficient (Wildman–Crippen LogP) is 2.14. The molecule has 0 amide bonds. The van der Waals surface area contributed by atoms with Gasteiger partial charge in [-0.15, -0.1) is 0 Å². The number of nitrogens with one attached hydrogen (secondary N) is 1. The molecule has 1 aromatic carbocycles. The Hall–Kier alpha value is -1.47. The first-order valence-electron chi connectivity index (χ1n) is 7.46. The molecule has 124 valence electrons. The monoisotopic (exact) mass is 317 g/mol. The first kappa shape index (κ1) is 16.9. The minimum absolute atomic E-state index is 0.285. The number of hydrogen-bond acceptors (Lipinski definition) is 4. The summed E-state index contributed by atoms with van der Waals surface area (Å²) in [5.74, 6) is 0.285. The van der Waals surface area contributed by atoms with Crippen molar-refractivity contribution >= 4 is 5.69 Å². The molecule has 1 aliphatic heterocycles. The Bertz CT molecular complexity index is 460. The van der Waals surface area contributed by atoms with E-state index in [1.807, 2.05) is 6.07 Å². The molecule has 0 bridgehead atoms. The first-order valence-corrected chi connectivity index (χ1v) is 7.46. The molecule has 1 aromatic rings. The van der Waals surface area contributed by atoms with Gasteiger partial charge in [-0.1, -0.05) is 12.1 Å². The minimum Gasteiger partial charge on any atom is -0.482 e. The molecule has 1 heterocycles. The van der Waals surface area contributed by atoms with Gasteiger partial charge in [0, 0.05) is 32.2 Å². The maximum absolute atomic E-state index is 12.3. The number of ether oxygens (including phenoxy) is 1. The Morgan fingerprint density at radius 3 is 2.55 bits per heavy atom. The lowest BCUT2D eigenvalue weighted by Gasteiger charge is -2.34. The Balaban J connectivity index is 1.95. The van der Waals surface area contributed by atoms with E-state index in [1.54, 1.807) is 18.2 Å². The largest absolute Gasteiger partial charge is 0.482 e. The van der Waals surface area contributed by atoms with Crippen LogP contribution in [0.15, 0.2) is 24.3 Å². The zero-order chi connectivity index (χ0) is 16.0. The van der Waals surface area contributed by atoms with Crippen LogP contribution in [0.2, 0.25) is 0 Å². The number of para-hydroxylation sites is 2. The third kappa shape index (κ3) is 5.06. The fourth-order valence-corrected chi connectivity index (χ4v) is 2.61. The normalized spacial score (nSPS) is 16.8. The maximum atomic E-state index is 12.3. The van der Waals surface area contributed by atoms with Crippen LogP contribution in [-0.2, 0) is 0 Å². The smallest absolute Gasteiger partial charge is 0.422 e. The molecule has 0 unspecified atom stereocenters. The molecular formula is C15H22F3N3O. The number of alkyl halides is 3. The number of rotatable bonds is 6. The van der Waals surface area contributed by atoms with Gasteiger partial charge < -0.3 is 20.7 Å². The van der Waals surface area contributed by atoms with E-state index < -0.39 is 12.8 Å². The summed E-state index contributed by atoms with van der Waals surface area (Å²) in [5, 5.41) is 3.37. The van der Waals surface area contributed by atoms with E-state index in [0.29, 0.717) is 12.6 Å². The summed E-state index contributed by atoms with van der Waals surface area (Å²) >= 11 is 0. The SMILES string of the molecule is NCCNC1CCN(c2ccccc2OCC(F)(F)F)CC1. The molecule has 1 fully saturated rings. The van der Waals surface area contributed by atoms with Gasteiger partial charge in [0.15, 0.2) is 6.61 Å². The number of nitrogens with zero attached hydrogens (tertiary/aromatic N) is 1. The van der Waals surface area contributed by atoms with E-state index in [9.17, 15) is 13.2 Å². The molecule has 2 rings (SSSR count). The zero-order valence-electron chi connectivity index (χ0n) is 12.4. The van der Waals surface area contributed by atoms with E-state index in [1.165, 1.54) is 0 Å². The molecule has 1 aliphatic rings. The first-order chi connectivity index (χ1) is 10.5. The van der Waals surface area contributed by atoms with E-state index in [2.05, 4.69) is 10.2 Å². The quantitative estimate of drug-likeness (QED) is 0.844. The van der Waals surface area contributed by atoms with Crippen molar-refractivity contribution in [1.82, 2.24) is 5.32 Å². The van der Waals surface area contributed by atoms with Crippen LogP contribution in [0.25, 0.3) is 0 Å². The molecule has 4 nitrogen and oxygen atoms in total. The molecular weight excluding hydrogens is 295 g/mol. The molecule has 22 heavy (non-hydrogen) atoms. The summed E-state index contributed by atoms with van der Waals surface area (Å²) in [5.41, 5.74) is 6.20. The second-order valence-electron chi connectivity index (χ2n) is 5.38. The molecule has 0 radical (unpaired) electrons. The molecule has 0 aromatic heterocycles. The van der Waals surface area contributed by atoms with Gasteiger partial charge in [0.05, 0.1) is 5.69 Å². The Morgan fingerprint density at radius 2 is 1.91 bits per heavy atom. The molecule has 0 atom stereocenters. The van der Waals surface area contributed by atoms with Crippen molar-refractivity contribution in [2.75, 3.05) is 37.7 Å². The van der Waals surface area contributed by atoms with Crippen LogP contribution in [0.1, 0.15) is 12.8 Å². The summed E-state index contributed by atoms with van der Waals surface area (Å²) in [6.07, 6.45) is -2.45. The van der Waals surface area contributed by atoms with Crippen molar-refractivity contribution in [3.63, 3.8) is 0 Å². The second-order valence-corrected chi connectivity index (χ2v) is 5.38. The van der Waals surface area contributed by atoms with E-state index in [4.69, 9.17) is 10.5 Å². The van der Waals surface area contributed by atoms with Gasteiger partial charge in [0.25, 0.3) is 0 Å². The lowest BCUT2D eigenvalue weighted by Crippen LogP contribution is -2.44. The van der Waals surface area contributed by atoms with Gasteiger partial charge in [-0.25, -0.2) is 0 Å². The lowest BCUT2D eigenvalue weighted by atomic mass is 10.0. The Morgan fingerprint density at radius 1 is 1.23 bits per heavy atom. The van der Waals surface area contributed by atoms with Gasteiger partial charge in [0.1, 0.15) is 5.75 Å². The molecule has 1 saturated heterocycles. The number of nitrogens with two attached hydrogens (primary N) is 1. The van der Waals surface area contributed by atoms with Crippen molar-refractivity contribution in [2.24, 2.45) is 5.73 Å². The second kappa shape index (κ2) is 7.69. The van der Waals surface area contributed by atoms with Crippen LogP contribution in [0.5, 0.6) is 5.75 Å². The summed E-state index contributed by atoms with van der Waals surface area (Å²) in [6.45, 7) is 1.70. The van der Waals surface area contributed by atoms with Gasteiger partial charge in [0.2, 0.25) is 0 Å². The maximum Gasteiger partial charge on any atom is 0.422 e. The minimum atomic E-state index is -4.33. The number of piperidine rings is 1. The number of anilines is 1. The third-order valence-corrected chi connectivity index (χ3v) is 3.67. The van der Waals surface area contributed by atoms with E-state index in [-0.39, 0.29) is 5.75 Å². The van der Waals surface area contributed by atoms with Gasteiger partial charge >= 0.3 is 6.18 Å². The van der Waals surface area contributed by atoms with Crippen LogP contribution in [0.4, 0.5) is 18.9 Å². The Labute approximate surface area is 128 Å². The highest BCUT2D eigenvalue weighted by Gasteiger charge is 2.29. The van der Waals surface area contributed by atoms with E-state index >= 15 is 0 Å². The summed E-state index contributed by atoms with van der Waals surface area (Å²) in [7, 11) is 0. The van der Waals surface area contributed by atoms with Crippen LogP contribution in [-0.4, -0.2) is 45.0 Å². The molecule has 3 N–H and O–H groups in total.